The normalized spacial score (nSPS) is 19.3. The van der Waals surface area contributed by atoms with Crippen LogP contribution in [-0.2, 0) is 4.79 Å². The van der Waals surface area contributed by atoms with Crippen LogP contribution in [-0.4, -0.2) is 70.3 Å². The summed E-state index contributed by atoms with van der Waals surface area (Å²) >= 11 is 1.36. The Bertz CT molecular complexity index is 1160. The summed E-state index contributed by atoms with van der Waals surface area (Å²) in [5.41, 5.74) is 2.74. The van der Waals surface area contributed by atoms with Gasteiger partial charge in [0.15, 0.2) is 5.01 Å². The largest absolute Gasteiger partial charge is 0.334 e. The highest BCUT2D eigenvalue weighted by Gasteiger charge is 2.36. The van der Waals surface area contributed by atoms with Crippen molar-refractivity contribution in [2.45, 2.75) is 19.4 Å². The fourth-order valence-corrected chi connectivity index (χ4v) is 5.24. The average molecular weight is 466 g/mol. The second kappa shape index (κ2) is 8.99. The quantitative estimate of drug-likeness (QED) is 0.554. The first kappa shape index (κ1) is 21.7. The maximum atomic E-state index is 14.4. The Morgan fingerprint density at radius 3 is 2.67 bits per heavy atom. The first-order valence-corrected chi connectivity index (χ1v) is 11.8. The molecule has 4 heterocycles. The van der Waals surface area contributed by atoms with Crippen LogP contribution in [0.5, 0.6) is 0 Å². The summed E-state index contributed by atoms with van der Waals surface area (Å²) < 4.78 is 14.4. The topological polar surface area (TPSA) is 69.6 Å². The molecule has 2 aromatic heterocycles. The van der Waals surface area contributed by atoms with Crippen molar-refractivity contribution in [3.63, 3.8) is 0 Å². The fourth-order valence-electron chi connectivity index (χ4n) is 4.64. The maximum absolute atomic E-state index is 14.4. The Morgan fingerprint density at radius 2 is 1.94 bits per heavy atom. The Balaban J connectivity index is 1.27. The van der Waals surface area contributed by atoms with E-state index >= 15 is 0 Å². The van der Waals surface area contributed by atoms with Crippen molar-refractivity contribution in [1.29, 1.82) is 0 Å². The Morgan fingerprint density at radius 1 is 1.12 bits per heavy atom. The minimum Gasteiger partial charge on any atom is -0.334 e. The zero-order chi connectivity index (χ0) is 22.9. The van der Waals surface area contributed by atoms with E-state index < -0.39 is 5.95 Å². The Hall–Kier alpha value is -3.17. The summed E-state index contributed by atoms with van der Waals surface area (Å²) in [5, 5.41) is 2.33. The van der Waals surface area contributed by atoms with E-state index in [1.807, 2.05) is 36.1 Å². The molecule has 2 saturated heterocycles. The molecule has 7 nitrogen and oxygen atoms in total. The monoisotopic (exact) mass is 465 g/mol. The molecule has 2 amide bonds. The number of pyridine rings is 1. The number of anilines is 1. The summed E-state index contributed by atoms with van der Waals surface area (Å²) in [4.78, 5) is 39.2. The van der Waals surface area contributed by atoms with Gasteiger partial charge in [0, 0.05) is 74.2 Å². The van der Waals surface area contributed by atoms with Gasteiger partial charge in [-0.2, -0.15) is 4.39 Å². The van der Waals surface area contributed by atoms with Crippen LogP contribution in [0, 0.1) is 12.9 Å². The Labute approximate surface area is 195 Å². The number of piperazine rings is 1. The van der Waals surface area contributed by atoms with E-state index in [1.165, 1.54) is 17.5 Å². The van der Waals surface area contributed by atoms with Gasteiger partial charge in [-0.05, 0) is 36.2 Å². The molecule has 5 rings (SSSR count). The summed E-state index contributed by atoms with van der Waals surface area (Å²) in [5.74, 6) is -0.478. The summed E-state index contributed by atoms with van der Waals surface area (Å²) in [6.45, 7) is 5.13. The number of thiazole rings is 1. The molecule has 0 radical (unpaired) electrons. The molecule has 2 aliphatic heterocycles. The number of carbonyl (C=O) groups excluding carboxylic acids is 2. The van der Waals surface area contributed by atoms with E-state index in [9.17, 15) is 14.0 Å². The molecule has 1 atom stereocenters. The highest BCUT2D eigenvalue weighted by Crippen LogP contribution is 2.31. The van der Waals surface area contributed by atoms with E-state index in [-0.39, 0.29) is 17.9 Å². The lowest BCUT2D eigenvalue weighted by atomic mass is 10.0. The number of benzene rings is 1. The zero-order valence-corrected chi connectivity index (χ0v) is 19.1. The third-order valence-electron chi connectivity index (χ3n) is 6.40. The molecule has 2 aliphatic rings. The predicted molar refractivity (Wildman–Crippen MR) is 125 cm³/mol. The maximum Gasteiger partial charge on any atom is 0.282 e. The van der Waals surface area contributed by atoms with Gasteiger partial charge in [-0.25, -0.2) is 9.97 Å². The van der Waals surface area contributed by atoms with Crippen LogP contribution in [0.4, 0.5) is 10.1 Å². The zero-order valence-electron chi connectivity index (χ0n) is 18.3. The van der Waals surface area contributed by atoms with E-state index in [0.29, 0.717) is 42.2 Å². The molecule has 170 valence electrons. The van der Waals surface area contributed by atoms with Crippen molar-refractivity contribution in [2.24, 2.45) is 0 Å². The predicted octanol–water partition coefficient (Wildman–Crippen LogP) is 3.22. The standard InChI is InChI=1S/C24H24FN5O2S/c1-16-5-6-26-22(25)21(16)17-3-2-4-18(13-17)30-15-19(14-20(30)31)28-8-10-29(11-9-28)24(32)23-27-7-12-33-23/h2-7,12-13,19H,8-11,14-15H2,1H3/t19-/m1/s1. The second-order valence-electron chi connectivity index (χ2n) is 8.37. The van der Waals surface area contributed by atoms with Crippen molar-refractivity contribution in [3.05, 3.63) is 64.6 Å². The first-order valence-electron chi connectivity index (χ1n) is 11.0. The van der Waals surface area contributed by atoms with Gasteiger partial charge in [-0.15, -0.1) is 11.3 Å². The number of amides is 2. The number of nitrogens with zero attached hydrogens (tertiary/aromatic N) is 5. The molecule has 0 unspecified atom stereocenters. The van der Waals surface area contributed by atoms with Crippen LogP contribution < -0.4 is 4.90 Å². The third kappa shape index (κ3) is 4.26. The minimum absolute atomic E-state index is 0.0245. The molecular weight excluding hydrogens is 441 g/mol. The van der Waals surface area contributed by atoms with E-state index in [0.717, 1.165) is 24.3 Å². The molecule has 0 bridgehead atoms. The summed E-state index contributed by atoms with van der Waals surface area (Å²) in [6.07, 6.45) is 3.54. The number of hydrogen-bond donors (Lipinski definition) is 0. The molecule has 0 spiro atoms. The summed E-state index contributed by atoms with van der Waals surface area (Å²) in [7, 11) is 0. The molecule has 0 saturated carbocycles. The number of rotatable bonds is 4. The SMILES string of the molecule is Cc1ccnc(F)c1-c1cccc(N2C[C@H](N3CCN(C(=O)c4nccs4)CC3)CC2=O)c1. The minimum atomic E-state index is -0.511. The first-order chi connectivity index (χ1) is 16.0. The molecule has 33 heavy (non-hydrogen) atoms. The lowest BCUT2D eigenvalue weighted by molar-refractivity contribution is -0.117. The van der Waals surface area contributed by atoms with Crippen molar-refractivity contribution < 1.29 is 14.0 Å². The highest BCUT2D eigenvalue weighted by molar-refractivity contribution is 7.11. The fraction of sp³-hybridized carbons (Fsp3) is 0.333. The van der Waals surface area contributed by atoms with Crippen molar-refractivity contribution >= 4 is 28.8 Å². The van der Waals surface area contributed by atoms with Crippen molar-refractivity contribution in [1.82, 2.24) is 19.8 Å². The number of halogens is 1. The Kier molecular flexibility index (Phi) is 5.90. The van der Waals surface area contributed by atoms with E-state index in [4.69, 9.17) is 0 Å². The van der Waals surface area contributed by atoms with Gasteiger partial charge >= 0.3 is 0 Å². The van der Waals surface area contributed by atoms with Crippen LogP contribution >= 0.6 is 11.3 Å². The molecule has 0 aliphatic carbocycles. The van der Waals surface area contributed by atoms with Gasteiger partial charge in [0.05, 0.1) is 0 Å². The van der Waals surface area contributed by atoms with Crippen molar-refractivity contribution in [2.75, 3.05) is 37.6 Å². The van der Waals surface area contributed by atoms with E-state index in [1.54, 1.807) is 22.5 Å². The van der Waals surface area contributed by atoms with Crippen LogP contribution in [0.2, 0.25) is 0 Å². The molecule has 1 aromatic carbocycles. The van der Waals surface area contributed by atoms with Crippen molar-refractivity contribution in [3.8, 4) is 11.1 Å². The second-order valence-corrected chi connectivity index (χ2v) is 9.27. The average Bonchev–Trinajstić information content (AvgIpc) is 3.49. The number of aromatic nitrogens is 2. The van der Waals surface area contributed by atoms with Gasteiger partial charge in [0.1, 0.15) is 0 Å². The van der Waals surface area contributed by atoms with Gasteiger partial charge in [0.2, 0.25) is 11.9 Å². The third-order valence-corrected chi connectivity index (χ3v) is 7.16. The van der Waals surface area contributed by atoms with Gasteiger partial charge in [-0.3, -0.25) is 14.5 Å². The van der Waals surface area contributed by atoms with Gasteiger partial charge < -0.3 is 9.80 Å². The van der Waals surface area contributed by atoms with Gasteiger partial charge in [0.25, 0.3) is 5.91 Å². The lowest BCUT2D eigenvalue weighted by Crippen LogP contribution is -2.52. The summed E-state index contributed by atoms with van der Waals surface area (Å²) in [6, 6.07) is 9.31. The van der Waals surface area contributed by atoms with Crippen LogP contribution in [0.25, 0.3) is 11.1 Å². The van der Waals surface area contributed by atoms with Gasteiger partial charge in [-0.1, -0.05) is 12.1 Å². The molecule has 9 heteroatoms. The lowest BCUT2D eigenvalue weighted by Gasteiger charge is -2.37. The number of hydrogen-bond acceptors (Lipinski definition) is 6. The van der Waals surface area contributed by atoms with E-state index in [2.05, 4.69) is 14.9 Å². The smallest absolute Gasteiger partial charge is 0.282 e. The number of carbonyl (C=O) groups is 2. The van der Waals surface area contributed by atoms with Crippen LogP contribution in [0.15, 0.2) is 48.1 Å². The molecule has 0 N–H and O–H groups in total. The van der Waals surface area contributed by atoms with Crippen LogP contribution in [0.1, 0.15) is 21.8 Å². The molecular formula is C24H24FN5O2S. The molecule has 2 fully saturated rings. The van der Waals surface area contributed by atoms with Crippen LogP contribution in [0.3, 0.4) is 0 Å². The highest BCUT2D eigenvalue weighted by atomic mass is 32.1. The molecule has 3 aromatic rings. The number of aryl methyl sites for hydroxylation is 1.